The molecule has 0 radical (unpaired) electrons. The predicted molar refractivity (Wildman–Crippen MR) is 107 cm³/mol. The Kier molecular flexibility index (Phi) is 12.4. The number of nitrogens with one attached hydrogen (secondary N) is 1. The second-order valence-electron chi connectivity index (χ2n) is 7.17. The van der Waals surface area contributed by atoms with Crippen LogP contribution in [0.15, 0.2) is 30.3 Å². The first-order chi connectivity index (χ1) is 10.2. The van der Waals surface area contributed by atoms with Crippen molar-refractivity contribution in [2.75, 3.05) is 13.6 Å². The number of carbonyl (C=O) groups excluding carboxylic acids is 1. The third kappa shape index (κ3) is 8.88. The van der Waals surface area contributed by atoms with Crippen molar-refractivity contribution in [1.29, 1.82) is 0 Å². The molecule has 2 atom stereocenters. The minimum absolute atomic E-state index is 0. The molecule has 0 saturated carbocycles. The average molecular weight is 378 g/mol. The summed E-state index contributed by atoms with van der Waals surface area (Å²) in [5, 5.41) is 2.95. The highest BCUT2D eigenvalue weighted by molar-refractivity contribution is 5.85. The predicted octanol–water partition coefficient (Wildman–Crippen LogP) is 3.23. The summed E-state index contributed by atoms with van der Waals surface area (Å²) in [7, 11) is 2.11. The molecular weight excluding hydrogens is 345 g/mol. The fourth-order valence-electron chi connectivity index (χ4n) is 2.16. The number of carbonyl (C=O) groups is 1. The molecule has 0 heterocycles. The van der Waals surface area contributed by atoms with Crippen molar-refractivity contribution < 1.29 is 4.79 Å². The van der Waals surface area contributed by atoms with Crippen LogP contribution in [0.1, 0.15) is 39.7 Å². The molecule has 0 aliphatic heterocycles. The van der Waals surface area contributed by atoms with Crippen molar-refractivity contribution >= 4 is 30.7 Å². The van der Waals surface area contributed by atoms with Crippen molar-refractivity contribution in [2.24, 2.45) is 11.1 Å². The average Bonchev–Trinajstić information content (AvgIpc) is 2.46. The summed E-state index contributed by atoms with van der Waals surface area (Å²) in [5.74, 6) is -0.0644. The quantitative estimate of drug-likeness (QED) is 0.766. The van der Waals surface area contributed by atoms with Crippen LogP contribution in [0.2, 0.25) is 0 Å². The van der Waals surface area contributed by atoms with E-state index in [-0.39, 0.29) is 36.1 Å². The summed E-state index contributed by atoms with van der Waals surface area (Å²) in [6, 6.07) is 10.3. The van der Waals surface area contributed by atoms with E-state index in [0.717, 1.165) is 13.0 Å². The molecule has 0 bridgehead atoms. The summed E-state index contributed by atoms with van der Waals surface area (Å²) < 4.78 is 0. The Balaban J connectivity index is 0. The zero-order valence-corrected chi connectivity index (χ0v) is 17.0. The number of amides is 1. The van der Waals surface area contributed by atoms with Crippen molar-refractivity contribution in [3.05, 3.63) is 35.9 Å². The largest absolute Gasteiger partial charge is 0.355 e. The Morgan fingerprint density at radius 1 is 1.21 bits per heavy atom. The van der Waals surface area contributed by atoms with Crippen molar-refractivity contribution in [2.45, 2.75) is 52.7 Å². The number of nitrogens with two attached hydrogens (primary N) is 1. The maximum Gasteiger partial charge on any atom is 0.237 e. The maximum absolute atomic E-state index is 12.0. The fourth-order valence-corrected chi connectivity index (χ4v) is 2.16. The molecule has 1 rings (SSSR count). The lowest BCUT2D eigenvalue weighted by Crippen LogP contribution is -2.49. The number of nitrogens with zero attached hydrogens (tertiary/aromatic N) is 1. The van der Waals surface area contributed by atoms with Crippen LogP contribution in [0.25, 0.3) is 0 Å². The molecular formula is C18H33Cl2N3O. The number of hydrogen-bond acceptors (Lipinski definition) is 3. The highest BCUT2D eigenvalue weighted by atomic mass is 35.5. The maximum atomic E-state index is 12.0. The lowest BCUT2D eigenvalue weighted by atomic mass is 9.87. The molecule has 24 heavy (non-hydrogen) atoms. The van der Waals surface area contributed by atoms with E-state index in [1.165, 1.54) is 5.56 Å². The summed E-state index contributed by atoms with van der Waals surface area (Å²) in [5.41, 5.74) is 7.04. The smallest absolute Gasteiger partial charge is 0.237 e. The minimum Gasteiger partial charge on any atom is -0.355 e. The van der Waals surface area contributed by atoms with E-state index in [1.807, 2.05) is 26.8 Å². The normalized spacial score (nSPS) is 13.5. The molecule has 1 unspecified atom stereocenters. The van der Waals surface area contributed by atoms with E-state index in [0.29, 0.717) is 12.6 Å². The van der Waals surface area contributed by atoms with Crippen LogP contribution in [0.3, 0.4) is 0 Å². The van der Waals surface area contributed by atoms with Crippen molar-refractivity contribution in [3.8, 4) is 0 Å². The molecule has 0 aliphatic carbocycles. The topological polar surface area (TPSA) is 58.4 Å². The summed E-state index contributed by atoms with van der Waals surface area (Å²) >= 11 is 0. The first-order valence-electron chi connectivity index (χ1n) is 7.99. The number of hydrogen-bond donors (Lipinski definition) is 2. The van der Waals surface area contributed by atoms with Gasteiger partial charge in [-0.1, -0.05) is 51.1 Å². The summed E-state index contributed by atoms with van der Waals surface area (Å²) in [6.45, 7) is 9.69. The minimum atomic E-state index is -0.468. The van der Waals surface area contributed by atoms with Gasteiger partial charge in [0.15, 0.2) is 0 Å². The number of rotatable bonds is 7. The van der Waals surface area contributed by atoms with E-state index in [2.05, 4.69) is 48.5 Å². The van der Waals surface area contributed by atoms with E-state index < -0.39 is 6.04 Å². The third-order valence-corrected chi connectivity index (χ3v) is 4.10. The Morgan fingerprint density at radius 3 is 2.25 bits per heavy atom. The summed E-state index contributed by atoms with van der Waals surface area (Å²) in [4.78, 5) is 14.3. The third-order valence-electron chi connectivity index (χ3n) is 4.10. The molecule has 0 aromatic heterocycles. The van der Waals surface area contributed by atoms with Crippen LogP contribution in [0, 0.1) is 5.41 Å². The molecule has 1 amide bonds. The second kappa shape index (κ2) is 11.7. The first kappa shape index (κ1) is 25.4. The van der Waals surface area contributed by atoms with Gasteiger partial charge in [0.05, 0.1) is 6.04 Å². The Bertz CT molecular complexity index is 463. The number of halogens is 2. The van der Waals surface area contributed by atoms with Gasteiger partial charge in [-0.2, -0.15) is 0 Å². The monoisotopic (exact) mass is 377 g/mol. The van der Waals surface area contributed by atoms with Gasteiger partial charge in [-0.05, 0) is 31.4 Å². The van der Waals surface area contributed by atoms with E-state index in [4.69, 9.17) is 5.73 Å². The van der Waals surface area contributed by atoms with E-state index in [1.54, 1.807) is 0 Å². The van der Waals surface area contributed by atoms with Gasteiger partial charge in [-0.3, -0.25) is 9.69 Å². The van der Waals surface area contributed by atoms with Crippen LogP contribution in [0.4, 0.5) is 0 Å². The van der Waals surface area contributed by atoms with Crippen molar-refractivity contribution in [3.63, 3.8) is 0 Å². The Labute approximate surface area is 159 Å². The zero-order valence-electron chi connectivity index (χ0n) is 15.4. The second-order valence-corrected chi connectivity index (χ2v) is 7.17. The Morgan fingerprint density at radius 2 is 1.75 bits per heavy atom. The molecule has 140 valence electrons. The highest BCUT2D eigenvalue weighted by Gasteiger charge is 2.27. The van der Waals surface area contributed by atoms with Crippen LogP contribution in [-0.2, 0) is 11.3 Å². The molecule has 0 aliphatic rings. The highest BCUT2D eigenvalue weighted by Crippen LogP contribution is 2.17. The van der Waals surface area contributed by atoms with E-state index in [9.17, 15) is 4.79 Å². The summed E-state index contributed by atoms with van der Waals surface area (Å²) in [6.07, 6.45) is 0.909. The Hall–Kier alpha value is -0.810. The van der Waals surface area contributed by atoms with Crippen molar-refractivity contribution in [1.82, 2.24) is 10.2 Å². The SMILES string of the molecule is CC(CCNC(=O)[C@@H](N)C(C)(C)C)N(C)Cc1ccccc1.Cl.Cl. The van der Waals surface area contributed by atoms with Gasteiger partial charge < -0.3 is 11.1 Å². The van der Waals surface area contributed by atoms with Gasteiger partial charge in [0, 0.05) is 19.1 Å². The van der Waals surface area contributed by atoms with Gasteiger partial charge in [0.1, 0.15) is 0 Å². The zero-order chi connectivity index (χ0) is 16.8. The van der Waals surface area contributed by atoms with E-state index >= 15 is 0 Å². The molecule has 1 aromatic carbocycles. The van der Waals surface area contributed by atoms with Crippen LogP contribution >= 0.6 is 24.8 Å². The molecule has 1 aromatic rings. The lowest BCUT2D eigenvalue weighted by molar-refractivity contribution is -0.124. The first-order valence-corrected chi connectivity index (χ1v) is 7.99. The van der Waals surface area contributed by atoms with Gasteiger partial charge in [-0.25, -0.2) is 0 Å². The van der Waals surface area contributed by atoms with Gasteiger partial charge in [0.25, 0.3) is 0 Å². The van der Waals surface area contributed by atoms with Crippen LogP contribution in [0.5, 0.6) is 0 Å². The molecule has 0 fully saturated rings. The lowest BCUT2D eigenvalue weighted by Gasteiger charge is -2.27. The van der Waals surface area contributed by atoms with Crippen LogP contribution in [-0.4, -0.2) is 36.5 Å². The molecule has 0 spiro atoms. The molecule has 3 N–H and O–H groups in total. The standard InChI is InChI=1S/C18H31N3O.2ClH/c1-14(21(5)13-15-9-7-6-8-10-15)11-12-20-17(22)16(19)18(2,3)4;;/h6-10,14,16H,11-13,19H2,1-5H3,(H,20,22);2*1H/t14?,16-;;/m1../s1. The molecule has 6 heteroatoms. The number of benzene rings is 1. The van der Waals surface area contributed by atoms with Gasteiger partial charge >= 0.3 is 0 Å². The molecule has 4 nitrogen and oxygen atoms in total. The molecule has 0 saturated heterocycles. The fraction of sp³-hybridized carbons (Fsp3) is 0.611. The van der Waals surface area contributed by atoms with Crippen LogP contribution < -0.4 is 11.1 Å². The van der Waals surface area contributed by atoms with Gasteiger partial charge in [-0.15, -0.1) is 24.8 Å². The van der Waals surface area contributed by atoms with Gasteiger partial charge in [0.2, 0.25) is 5.91 Å².